The smallest absolute Gasteiger partial charge is 0.169 e. The van der Waals surface area contributed by atoms with Gasteiger partial charge in [0.1, 0.15) is 5.82 Å². The predicted molar refractivity (Wildman–Crippen MR) is 86.9 cm³/mol. The number of Topliss-reactive ketones (excluding diaryl/α,β-unsaturated/α-hetero) is 1. The summed E-state index contributed by atoms with van der Waals surface area (Å²) in [6.07, 6.45) is 7.09. The zero-order chi connectivity index (χ0) is 14.8. The first-order chi connectivity index (χ1) is 10.1. The molecule has 0 N–H and O–H groups in total. The fourth-order valence-electron chi connectivity index (χ4n) is 2.82. The van der Waals surface area contributed by atoms with Crippen molar-refractivity contribution in [1.82, 2.24) is 9.78 Å². The lowest BCUT2D eigenvalue weighted by molar-refractivity contribution is 0.0990. The molecule has 3 rings (SSSR count). The standard InChI is InChI=1S/C16H16FIN2O/c17-11-5-6-14(15(18)9-11)16(21)10-12-7-8-20(19-12)13-3-1-2-4-13/h5-9,13H,1-4,10H2. The Hall–Kier alpha value is -1.24. The van der Waals surface area contributed by atoms with Gasteiger partial charge in [-0.3, -0.25) is 9.48 Å². The number of rotatable bonds is 4. The SMILES string of the molecule is O=C(Cc1ccn(C2CCCC2)n1)c1ccc(F)cc1I. The highest BCUT2D eigenvalue weighted by Crippen LogP contribution is 2.28. The average Bonchev–Trinajstić information content (AvgIpc) is 3.08. The van der Waals surface area contributed by atoms with E-state index in [1.807, 2.05) is 39.5 Å². The minimum Gasteiger partial charge on any atom is -0.294 e. The van der Waals surface area contributed by atoms with Crippen LogP contribution in [0.15, 0.2) is 30.5 Å². The van der Waals surface area contributed by atoms with Crippen LogP contribution in [0.5, 0.6) is 0 Å². The van der Waals surface area contributed by atoms with Gasteiger partial charge in [-0.1, -0.05) is 12.8 Å². The van der Waals surface area contributed by atoms with Crippen molar-refractivity contribution in [2.75, 3.05) is 0 Å². The lowest BCUT2D eigenvalue weighted by Crippen LogP contribution is -2.09. The van der Waals surface area contributed by atoms with Gasteiger partial charge in [0, 0.05) is 15.3 Å². The maximum absolute atomic E-state index is 13.1. The van der Waals surface area contributed by atoms with Crippen molar-refractivity contribution in [1.29, 1.82) is 0 Å². The second kappa shape index (κ2) is 6.25. The van der Waals surface area contributed by atoms with Gasteiger partial charge in [-0.05, 0) is 59.7 Å². The molecule has 0 atom stereocenters. The number of carbonyl (C=O) groups excluding carboxylic acids is 1. The Morgan fingerprint density at radius 1 is 1.33 bits per heavy atom. The molecule has 21 heavy (non-hydrogen) atoms. The number of carbonyl (C=O) groups is 1. The van der Waals surface area contributed by atoms with Crippen LogP contribution in [0.1, 0.15) is 47.8 Å². The van der Waals surface area contributed by atoms with E-state index >= 15 is 0 Å². The number of hydrogen-bond acceptors (Lipinski definition) is 2. The lowest BCUT2D eigenvalue weighted by Gasteiger charge is -2.08. The first kappa shape index (κ1) is 14.7. The summed E-state index contributed by atoms with van der Waals surface area (Å²) in [6.45, 7) is 0. The van der Waals surface area contributed by atoms with E-state index in [-0.39, 0.29) is 18.0 Å². The maximum atomic E-state index is 13.1. The fourth-order valence-corrected chi connectivity index (χ4v) is 3.60. The van der Waals surface area contributed by atoms with Crippen LogP contribution >= 0.6 is 22.6 Å². The molecule has 0 bridgehead atoms. The summed E-state index contributed by atoms with van der Waals surface area (Å²) in [5.41, 5.74) is 1.35. The molecule has 1 aromatic heterocycles. The van der Waals surface area contributed by atoms with E-state index in [9.17, 15) is 9.18 Å². The summed E-state index contributed by atoms with van der Waals surface area (Å²) in [5, 5.41) is 4.52. The van der Waals surface area contributed by atoms with E-state index in [1.165, 1.54) is 37.8 Å². The van der Waals surface area contributed by atoms with Crippen molar-refractivity contribution >= 4 is 28.4 Å². The molecule has 0 unspecified atom stereocenters. The van der Waals surface area contributed by atoms with Gasteiger partial charge in [0.2, 0.25) is 0 Å². The molecule has 1 saturated carbocycles. The summed E-state index contributed by atoms with van der Waals surface area (Å²) in [4.78, 5) is 12.3. The highest BCUT2D eigenvalue weighted by atomic mass is 127. The number of benzene rings is 1. The topological polar surface area (TPSA) is 34.9 Å². The molecule has 1 fully saturated rings. The predicted octanol–water partition coefficient (Wildman–Crippen LogP) is 4.17. The zero-order valence-corrected chi connectivity index (χ0v) is 13.7. The van der Waals surface area contributed by atoms with E-state index < -0.39 is 0 Å². The molecule has 5 heteroatoms. The van der Waals surface area contributed by atoms with Gasteiger partial charge >= 0.3 is 0 Å². The van der Waals surface area contributed by atoms with Crippen molar-refractivity contribution in [3.8, 4) is 0 Å². The van der Waals surface area contributed by atoms with E-state index in [0.29, 0.717) is 15.2 Å². The largest absolute Gasteiger partial charge is 0.294 e. The molecule has 0 saturated heterocycles. The van der Waals surface area contributed by atoms with Crippen LogP contribution in [0.4, 0.5) is 4.39 Å². The molecular weight excluding hydrogens is 382 g/mol. The number of nitrogens with zero attached hydrogens (tertiary/aromatic N) is 2. The van der Waals surface area contributed by atoms with Gasteiger partial charge in [-0.15, -0.1) is 0 Å². The fraction of sp³-hybridized carbons (Fsp3) is 0.375. The Labute approximate surface area is 136 Å². The average molecular weight is 398 g/mol. The quantitative estimate of drug-likeness (QED) is 0.573. The molecule has 0 aliphatic heterocycles. The van der Waals surface area contributed by atoms with E-state index in [1.54, 1.807) is 6.07 Å². The maximum Gasteiger partial charge on any atom is 0.169 e. The van der Waals surface area contributed by atoms with Gasteiger partial charge < -0.3 is 0 Å². The molecule has 1 heterocycles. The first-order valence-corrected chi connectivity index (χ1v) is 8.23. The molecule has 1 aliphatic carbocycles. The normalized spacial score (nSPS) is 15.5. The highest BCUT2D eigenvalue weighted by Gasteiger charge is 2.18. The second-order valence-corrected chi connectivity index (χ2v) is 6.61. The third kappa shape index (κ3) is 3.33. The summed E-state index contributed by atoms with van der Waals surface area (Å²) in [7, 11) is 0. The van der Waals surface area contributed by atoms with Gasteiger partial charge in [-0.25, -0.2) is 4.39 Å². The molecule has 110 valence electrons. The summed E-state index contributed by atoms with van der Waals surface area (Å²) in [5.74, 6) is -0.336. The third-order valence-corrected chi connectivity index (χ3v) is 4.83. The van der Waals surface area contributed by atoms with Gasteiger partial charge in [0.25, 0.3) is 0 Å². The Balaban J connectivity index is 1.72. The Kier molecular flexibility index (Phi) is 4.37. The van der Waals surface area contributed by atoms with E-state index in [4.69, 9.17) is 0 Å². The molecule has 0 spiro atoms. The molecule has 2 aromatic rings. The molecule has 0 amide bonds. The van der Waals surface area contributed by atoms with Crippen LogP contribution in [0.25, 0.3) is 0 Å². The Morgan fingerprint density at radius 2 is 2.10 bits per heavy atom. The minimum absolute atomic E-state index is 0.0175. The third-order valence-electron chi connectivity index (χ3n) is 3.94. The van der Waals surface area contributed by atoms with Crippen LogP contribution in [0.3, 0.4) is 0 Å². The number of ketones is 1. The highest BCUT2D eigenvalue weighted by molar-refractivity contribution is 14.1. The van der Waals surface area contributed by atoms with Crippen molar-refractivity contribution in [3.63, 3.8) is 0 Å². The summed E-state index contributed by atoms with van der Waals surface area (Å²) < 4.78 is 15.7. The molecule has 0 radical (unpaired) electrons. The van der Waals surface area contributed by atoms with Crippen LogP contribution in [0, 0.1) is 9.39 Å². The van der Waals surface area contributed by atoms with Crippen molar-refractivity contribution in [2.24, 2.45) is 0 Å². The molecule has 1 aromatic carbocycles. The Bertz CT molecular complexity index is 662. The number of aromatic nitrogens is 2. The molecule has 3 nitrogen and oxygen atoms in total. The van der Waals surface area contributed by atoms with Crippen LogP contribution in [-0.2, 0) is 6.42 Å². The van der Waals surface area contributed by atoms with Gasteiger partial charge in [-0.2, -0.15) is 5.10 Å². The number of hydrogen-bond donors (Lipinski definition) is 0. The number of halogens is 2. The van der Waals surface area contributed by atoms with Crippen LogP contribution in [0.2, 0.25) is 0 Å². The van der Waals surface area contributed by atoms with Gasteiger partial charge in [0.15, 0.2) is 5.78 Å². The van der Waals surface area contributed by atoms with Gasteiger partial charge in [0.05, 0.1) is 18.2 Å². The zero-order valence-electron chi connectivity index (χ0n) is 11.6. The summed E-state index contributed by atoms with van der Waals surface area (Å²) in [6, 6.07) is 6.65. The van der Waals surface area contributed by atoms with Crippen molar-refractivity contribution in [2.45, 2.75) is 38.1 Å². The molecular formula is C16H16FIN2O. The Morgan fingerprint density at radius 3 is 2.81 bits per heavy atom. The monoisotopic (exact) mass is 398 g/mol. The van der Waals surface area contributed by atoms with E-state index in [0.717, 1.165) is 5.69 Å². The van der Waals surface area contributed by atoms with Crippen LogP contribution in [-0.4, -0.2) is 15.6 Å². The molecule has 1 aliphatic rings. The second-order valence-electron chi connectivity index (χ2n) is 5.45. The van der Waals surface area contributed by atoms with Crippen molar-refractivity contribution < 1.29 is 9.18 Å². The van der Waals surface area contributed by atoms with Crippen LogP contribution < -0.4 is 0 Å². The lowest BCUT2D eigenvalue weighted by atomic mass is 10.1. The van der Waals surface area contributed by atoms with E-state index in [2.05, 4.69) is 5.10 Å². The first-order valence-electron chi connectivity index (χ1n) is 7.16. The minimum atomic E-state index is -0.318. The summed E-state index contributed by atoms with van der Waals surface area (Å²) >= 11 is 1.99. The van der Waals surface area contributed by atoms with Crippen molar-refractivity contribution in [3.05, 3.63) is 51.1 Å².